The third-order valence-corrected chi connectivity index (χ3v) is 3.31. The number of nitrogens with zero attached hydrogens (tertiary/aromatic N) is 4. The van der Waals surface area contributed by atoms with E-state index in [1.165, 1.54) is 12.7 Å². The topological polar surface area (TPSA) is 63.1 Å². The molecule has 1 saturated heterocycles. The van der Waals surface area contributed by atoms with E-state index in [0.717, 1.165) is 31.8 Å². The molecule has 0 aliphatic carbocycles. The Morgan fingerprint density at radius 2 is 2.17 bits per heavy atom. The minimum atomic E-state index is 0.264. The van der Waals surface area contributed by atoms with E-state index >= 15 is 0 Å². The first-order valence-corrected chi connectivity index (χ1v) is 6.59. The molecule has 2 heterocycles. The summed E-state index contributed by atoms with van der Waals surface area (Å²) in [6.45, 7) is 3.22. The van der Waals surface area contributed by atoms with Crippen LogP contribution in [0.3, 0.4) is 0 Å². The van der Waals surface area contributed by atoms with Crippen LogP contribution in [0.2, 0.25) is 0 Å². The highest BCUT2D eigenvalue weighted by molar-refractivity contribution is 5.76. The van der Waals surface area contributed by atoms with Gasteiger partial charge in [-0.05, 0) is 19.3 Å². The van der Waals surface area contributed by atoms with Gasteiger partial charge in [0.05, 0.1) is 6.54 Å². The van der Waals surface area contributed by atoms with Crippen LogP contribution in [0.4, 0.5) is 0 Å². The van der Waals surface area contributed by atoms with E-state index in [1.54, 1.807) is 4.68 Å². The average Bonchev–Trinajstić information content (AvgIpc) is 2.81. The molecule has 1 aliphatic heterocycles. The van der Waals surface area contributed by atoms with Crippen molar-refractivity contribution < 1.29 is 4.79 Å². The van der Waals surface area contributed by atoms with Crippen LogP contribution in [0, 0.1) is 0 Å². The first-order chi connectivity index (χ1) is 8.77. The summed E-state index contributed by atoms with van der Waals surface area (Å²) in [6, 6.07) is 0. The lowest BCUT2D eigenvalue weighted by atomic mass is 10.1. The second kappa shape index (κ2) is 6.49. The highest BCUT2D eigenvalue weighted by Crippen LogP contribution is 2.09. The van der Waals surface area contributed by atoms with Crippen molar-refractivity contribution in [2.45, 2.75) is 32.2 Å². The maximum absolute atomic E-state index is 11.9. The Morgan fingerprint density at radius 3 is 2.83 bits per heavy atom. The number of aryl methyl sites for hydroxylation is 1. The number of amides is 1. The van der Waals surface area contributed by atoms with Crippen LogP contribution in [0.1, 0.15) is 31.5 Å². The molecule has 0 spiro atoms. The molecule has 0 atom stereocenters. The highest BCUT2D eigenvalue weighted by atomic mass is 16.2. The molecule has 2 rings (SSSR count). The van der Waals surface area contributed by atoms with Gasteiger partial charge in [-0.25, -0.2) is 4.98 Å². The molecule has 1 aromatic heterocycles. The van der Waals surface area contributed by atoms with E-state index in [4.69, 9.17) is 0 Å². The van der Waals surface area contributed by atoms with Gasteiger partial charge in [0, 0.05) is 33.1 Å². The molecular formula is C12H21N5O. The number of hydrogen-bond donors (Lipinski definition) is 1. The minimum Gasteiger partial charge on any atom is -0.343 e. The molecule has 0 bridgehead atoms. The summed E-state index contributed by atoms with van der Waals surface area (Å²) in [5.74, 6) is 1.15. The quantitative estimate of drug-likeness (QED) is 0.765. The Morgan fingerprint density at radius 1 is 1.39 bits per heavy atom. The van der Waals surface area contributed by atoms with Gasteiger partial charge in [0.2, 0.25) is 5.91 Å². The zero-order valence-corrected chi connectivity index (χ0v) is 10.9. The lowest BCUT2D eigenvalue weighted by Crippen LogP contribution is -2.37. The number of carbonyl (C=O) groups is 1. The summed E-state index contributed by atoms with van der Waals surface area (Å²) in [5.41, 5.74) is 0. The number of nitrogens with one attached hydrogen (secondary N) is 1. The normalized spacial score (nSPS) is 15.9. The highest BCUT2D eigenvalue weighted by Gasteiger charge is 2.15. The van der Waals surface area contributed by atoms with Crippen molar-refractivity contribution in [3.63, 3.8) is 0 Å². The lowest BCUT2D eigenvalue weighted by molar-refractivity contribution is -0.131. The number of carbonyl (C=O) groups excluding carboxylic acids is 1. The molecule has 1 aromatic rings. The van der Waals surface area contributed by atoms with Crippen molar-refractivity contribution in [3.05, 3.63) is 12.2 Å². The first-order valence-electron chi connectivity index (χ1n) is 6.59. The minimum absolute atomic E-state index is 0.264. The Labute approximate surface area is 107 Å². The van der Waals surface area contributed by atoms with Crippen LogP contribution in [0.15, 0.2) is 6.33 Å². The SMILES string of the molecule is Cn1ncnc1CNCCC(=O)N1CCCCC1. The largest absolute Gasteiger partial charge is 0.343 e. The van der Waals surface area contributed by atoms with E-state index in [0.29, 0.717) is 19.5 Å². The lowest BCUT2D eigenvalue weighted by Gasteiger charge is -2.26. The molecular weight excluding hydrogens is 230 g/mol. The maximum atomic E-state index is 11.9. The van der Waals surface area contributed by atoms with E-state index in [1.807, 2.05) is 11.9 Å². The zero-order chi connectivity index (χ0) is 12.8. The summed E-state index contributed by atoms with van der Waals surface area (Å²) < 4.78 is 1.74. The fourth-order valence-electron chi connectivity index (χ4n) is 2.18. The number of likely N-dealkylation sites (tertiary alicyclic amines) is 1. The molecule has 1 amide bonds. The van der Waals surface area contributed by atoms with E-state index in [9.17, 15) is 4.79 Å². The fourth-order valence-corrected chi connectivity index (χ4v) is 2.18. The van der Waals surface area contributed by atoms with Crippen molar-refractivity contribution >= 4 is 5.91 Å². The van der Waals surface area contributed by atoms with Gasteiger partial charge >= 0.3 is 0 Å². The number of hydrogen-bond acceptors (Lipinski definition) is 4. The second-order valence-electron chi connectivity index (χ2n) is 4.67. The van der Waals surface area contributed by atoms with Crippen molar-refractivity contribution in [1.29, 1.82) is 0 Å². The molecule has 0 unspecified atom stereocenters. The summed E-state index contributed by atoms with van der Waals surface area (Å²) in [7, 11) is 1.86. The van der Waals surface area contributed by atoms with Crippen LogP contribution in [0.25, 0.3) is 0 Å². The van der Waals surface area contributed by atoms with Crippen LogP contribution in [0.5, 0.6) is 0 Å². The molecule has 1 aliphatic rings. The van der Waals surface area contributed by atoms with Gasteiger partial charge in [0.25, 0.3) is 0 Å². The monoisotopic (exact) mass is 251 g/mol. The number of aromatic nitrogens is 3. The van der Waals surface area contributed by atoms with Gasteiger partial charge in [-0.15, -0.1) is 0 Å². The molecule has 0 saturated carbocycles. The van der Waals surface area contributed by atoms with Gasteiger partial charge in [-0.3, -0.25) is 9.48 Å². The van der Waals surface area contributed by atoms with Crippen molar-refractivity contribution in [2.24, 2.45) is 7.05 Å². The Kier molecular flexibility index (Phi) is 4.69. The third-order valence-electron chi connectivity index (χ3n) is 3.31. The van der Waals surface area contributed by atoms with Crippen molar-refractivity contribution in [1.82, 2.24) is 25.0 Å². The summed E-state index contributed by atoms with van der Waals surface area (Å²) >= 11 is 0. The van der Waals surface area contributed by atoms with E-state index < -0.39 is 0 Å². The number of piperidine rings is 1. The fraction of sp³-hybridized carbons (Fsp3) is 0.750. The molecule has 1 fully saturated rings. The van der Waals surface area contributed by atoms with E-state index in [2.05, 4.69) is 15.4 Å². The molecule has 6 nitrogen and oxygen atoms in total. The molecule has 1 N–H and O–H groups in total. The Hall–Kier alpha value is -1.43. The first kappa shape index (κ1) is 13.0. The third kappa shape index (κ3) is 3.53. The molecule has 6 heteroatoms. The van der Waals surface area contributed by atoms with Crippen molar-refractivity contribution in [3.8, 4) is 0 Å². The van der Waals surface area contributed by atoms with Crippen molar-refractivity contribution in [2.75, 3.05) is 19.6 Å². The van der Waals surface area contributed by atoms with Gasteiger partial charge in [-0.2, -0.15) is 5.10 Å². The summed E-state index contributed by atoms with van der Waals surface area (Å²) in [6.07, 6.45) is 5.66. The van der Waals surface area contributed by atoms with Gasteiger partial charge in [0.1, 0.15) is 12.2 Å². The van der Waals surface area contributed by atoms with Gasteiger partial charge in [-0.1, -0.05) is 0 Å². The van der Waals surface area contributed by atoms with Gasteiger partial charge < -0.3 is 10.2 Å². The summed E-state index contributed by atoms with van der Waals surface area (Å²) in [5, 5.41) is 7.22. The van der Waals surface area contributed by atoms with Gasteiger partial charge in [0.15, 0.2) is 0 Å². The van der Waals surface area contributed by atoms with Crippen LogP contribution in [-0.2, 0) is 18.4 Å². The predicted molar refractivity (Wildman–Crippen MR) is 67.8 cm³/mol. The molecule has 0 radical (unpaired) electrons. The Balaban J connectivity index is 1.63. The standard InChI is InChI=1S/C12H21N5O/c1-16-11(14-10-15-16)9-13-6-5-12(18)17-7-3-2-4-8-17/h10,13H,2-9H2,1H3. The predicted octanol–water partition coefficient (Wildman–Crippen LogP) is 0.307. The molecule has 0 aromatic carbocycles. The second-order valence-corrected chi connectivity index (χ2v) is 4.67. The van der Waals surface area contributed by atoms with E-state index in [-0.39, 0.29) is 5.91 Å². The maximum Gasteiger partial charge on any atom is 0.223 e. The zero-order valence-electron chi connectivity index (χ0n) is 10.9. The smallest absolute Gasteiger partial charge is 0.223 e. The molecule has 100 valence electrons. The summed E-state index contributed by atoms with van der Waals surface area (Å²) in [4.78, 5) is 18.0. The Bertz CT molecular complexity index is 384. The van der Waals surface area contributed by atoms with Crippen LogP contribution >= 0.6 is 0 Å². The number of rotatable bonds is 5. The van der Waals surface area contributed by atoms with Crippen LogP contribution < -0.4 is 5.32 Å². The van der Waals surface area contributed by atoms with Crippen LogP contribution in [-0.4, -0.2) is 45.2 Å². The molecule has 18 heavy (non-hydrogen) atoms. The average molecular weight is 251 g/mol.